The van der Waals surface area contributed by atoms with Gasteiger partial charge in [-0.2, -0.15) is 13.2 Å². The maximum Gasteiger partial charge on any atom is 0.433 e. The first-order valence-electron chi connectivity index (χ1n) is 8.86. The largest absolute Gasteiger partial charge is 0.433 e. The van der Waals surface area contributed by atoms with E-state index in [0.717, 1.165) is 6.07 Å². The van der Waals surface area contributed by atoms with Crippen molar-refractivity contribution in [3.05, 3.63) is 28.5 Å². The fourth-order valence-electron chi connectivity index (χ4n) is 1.75. The average Bonchev–Trinajstić information content (AvgIpc) is 2.54. The molecule has 1 aromatic heterocycles. The molecule has 0 saturated heterocycles. The van der Waals surface area contributed by atoms with Crippen molar-refractivity contribution in [1.82, 2.24) is 4.98 Å². The van der Waals surface area contributed by atoms with Crippen molar-refractivity contribution >= 4 is 19.9 Å². The Hall–Kier alpha value is -1.11. The van der Waals surface area contributed by atoms with Crippen LogP contribution in [-0.4, -0.2) is 46.3 Å². The van der Waals surface area contributed by atoms with Crippen molar-refractivity contribution in [1.29, 1.82) is 0 Å². The Labute approximate surface area is 170 Å². The molecule has 0 spiro atoms. The minimum atomic E-state index is -4.57. The zero-order valence-corrected chi connectivity index (χ0v) is 18.6. The highest BCUT2D eigenvalue weighted by Crippen LogP contribution is 2.36. The average molecular weight is 438 g/mol. The van der Waals surface area contributed by atoms with Gasteiger partial charge in [0, 0.05) is 5.02 Å². The normalized spacial score (nSPS) is 12.6. The standard InChI is InChI=1S/C19H27ClF3NO3Si/c1-18(2,3)28(4,5)27-12-11-26-10-9-25-8-6-7-16-13-15(20)14-17(24-16)19(21,22)23/h13-14H,8-12H2,1-5H3. The summed E-state index contributed by atoms with van der Waals surface area (Å²) in [5, 5.41) is 0.0916. The summed E-state index contributed by atoms with van der Waals surface area (Å²) in [6.07, 6.45) is -4.57. The molecule has 0 amide bonds. The van der Waals surface area contributed by atoms with E-state index >= 15 is 0 Å². The molecule has 1 aromatic rings. The molecule has 0 aliphatic heterocycles. The maximum atomic E-state index is 12.7. The smallest absolute Gasteiger partial charge is 0.414 e. The second kappa shape index (κ2) is 10.6. The van der Waals surface area contributed by atoms with Crippen LogP contribution in [-0.2, 0) is 20.1 Å². The Morgan fingerprint density at radius 2 is 1.64 bits per heavy atom. The van der Waals surface area contributed by atoms with Crippen LogP contribution in [0.25, 0.3) is 0 Å². The molecule has 0 radical (unpaired) electrons. The molecule has 1 rings (SSSR count). The molecule has 9 heteroatoms. The summed E-state index contributed by atoms with van der Waals surface area (Å²) in [7, 11) is -1.76. The molecule has 1 heterocycles. The molecule has 0 saturated carbocycles. The van der Waals surface area contributed by atoms with Gasteiger partial charge in [0.1, 0.15) is 18.0 Å². The van der Waals surface area contributed by atoms with E-state index < -0.39 is 20.2 Å². The van der Waals surface area contributed by atoms with Crippen LogP contribution in [0.1, 0.15) is 32.2 Å². The summed E-state index contributed by atoms with van der Waals surface area (Å²) in [5.74, 6) is 5.12. The fraction of sp³-hybridized carbons (Fsp3) is 0.632. The van der Waals surface area contributed by atoms with Gasteiger partial charge in [0.25, 0.3) is 0 Å². The first kappa shape index (κ1) is 24.9. The van der Waals surface area contributed by atoms with Crippen molar-refractivity contribution in [3.63, 3.8) is 0 Å². The minimum absolute atomic E-state index is 0.0533. The third-order valence-corrected chi connectivity index (χ3v) is 9.10. The molecule has 0 unspecified atom stereocenters. The van der Waals surface area contributed by atoms with E-state index in [0.29, 0.717) is 26.4 Å². The number of aromatic nitrogens is 1. The summed E-state index contributed by atoms with van der Waals surface area (Å²) < 4.78 is 54.7. The number of alkyl halides is 3. The van der Waals surface area contributed by atoms with E-state index in [2.05, 4.69) is 50.7 Å². The van der Waals surface area contributed by atoms with E-state index in [9.17, 15) is 13.2 Å². The molecule has 0 fully saturated rings. The van der Waals surface area contributed by atoms with Crippen LogP contribution in [0.5, 0.6) is 0 Å². The van der Waals surface area contributed by atoms with Gasteiger partial charge >= 0.3 is 6.18 Å². The van der Waals surface area contributed by atoms with Crippen molar-refractivity contribution < 1.29 is 27.1 Å². The van der Waals surface area contributed by atoms with Gasteiger partial charge in [-0.05, 0) is 36.2 Å². The van der Waals surface area contributed by atoms with Crippen LogP contribution in [0.15, 0.2) is 12.1 Å². The molecule has 28 heavy (non-hydrogen) atoms. The molecular formula is C19H27ClF3NO3Si. The van der Waals surface area contributed by atoms with E-state index in [4.69, 9.17) is 25.5 Å². The van der Waals surface area contributed by atoms with Gasteiger partial charge in [-0.1, -0.05) is 38.3 Å². The Kier molecular flexibility index (Phi) is 9.44. The van der Waals surface area contributed by atoms with E-state index in [1.165, 1.54) is 6.07 Å². The highest BCUT2D eigenvalue weighted by Gasteiger charge is 2.36. The number of pyridine rings is 1. The summed E-state index contributed by atoms with van der Waals surface area (Å²) in [6, 6.07) is 2.03. The summed E-state index contributed by atoms with van der Waals surface area (Å²) in [5.41, 5.74) is -1.12. The number of rotatable bonds is 8. The number of hydrogen-bond donors (Lipinski definition) is 0. The van der Waals surface area contributed by atoms with Gasteiger partial charge in [-0.3, -0.25) is 0 Å². The Morgan fingerprint density at radius 1 is 1.04 bits per heavy atom. The maximum absolute atomic E-state index is 12.7. The lowest BCUT2D eigenvalue weighted by Crippen LogP contribution is -2.41. The molecule has 0 bridgehead atoms. The molecule has 158 valence electrons. The first-order chi connectivity index (χ1) is 12.8. The minimum Gasteiger partial charge on any atom is -0.414 e. The summed E-state index contributed by atoms with van der Waals surface area (Å²) in [4.78, 5) is 3.44. The third-order valence-electron chi connectivity index (χ3n) is 4.34. The summed E-state index contributed by atoms with van der Waals surface area (Å²) in [6.45, 7) is 12.7. The van der Waals surface area contributed by atoms with Crippen LogP contribution >= 0.6 is 11.6 Å². The number of ether oxygens (including phenoxy) is 2. The van der Waals surface area contributed by atoms with Crippen molar-refractivity contribution in [3.8, 4) is 11.8 Å². The predicted molar refractivity (Wildman–Crippen MR) is 106 cm³/mol. The van der Waals surface area contributed by atoms with Crippen LogP contribution in [0.3, 0.4) is 0 Å². The predicted octanol–water partition coefficient (Wildman–Crippen LogP) is 5.16. The topological polar surface area (TPSA) is 40.6 Å². The number of hydrogen-bond acceptors (Lipinski definition) is 4. The monoisotopic (exact) mass is 437 g/mol. The zero-order chi connectivity index (χ0) is 21.4. The van der Waals surface area contributed by atoms with Crippen LogP contribution in [0, 0.1) is 11.8 Å². The SMILES string of the molecule is CC(C)(C)[Si](C)(C)OCCOCCOCC#Cc1cc(Cl)cc(C(F)(F)F)n1. The first-order valence-corrected chi connectivity index (χ1v) is 12.1. The molecule has 0 N–H and O–H groups in total. The zero-order valence-electron chi connectivity index (χ0n) is 16.9. The van der Waals surface area contributed by atoms with Gasteiger partial charge in [-0.25, -0.2) is 4.98 Å². The summed E-state index contributed by atoms with van der Waals surface area (Å²) >= 11 is 5.67. The lowest BCUT2D eigenvalue weighted by Gasteiger charge is -2.36. The molecular weight excluding hydrogens is 411 g/mol. The lowest BCUT2D eigenvalue weighted by atomic mass is 10.2. The molecule has 0 aromatic carbocycles. The second-order valence-corrected chi connectivity index (χ2v) is 12.9. The Balaban J connectivity index is 2.25. The second-order valence-electron chi connectivity index (χ2n) is 7.63. The van der Waals surface area contributed by atoms with Crippen molar-refractivity contribution in [2.24, 2.45) is 0 Å². The molecule has 0 aliphatic carbocycles. The van der Waals surface area contributed by atoms with Gasteiger partial charge < -0.3 is 13.9 Å². The molecule has 0 atom stereocenters. The molecule has 0 aliphatic rings. The highest BCUT2D eigenvalue weighted by atomic mass is 35.5. The fourth-order valence-corrected chi connectivity index (χ4v) is 2.98. The Bertz CT molecular complexity index is 694. The third kappa shape index (κ3) is 8.93. The lowest BCUT2D eigenvalue weighted by molar-refractivity contribution is -0.141. The van der Waals surface area contributed by atoms with E-state index in [1.807, 2.05) is 0 Å². The quantitative estimate of drug-likeness (QED) is 0.320. The Morgan fingerprint density at radius 3 is 2.25 bits per heavy atom. The van der Waals surface area contributed by atoms with E-state index in [1.54, 1.807) is 0 Å². The van der Waals surface area contributed by atoms with Crippen molar-refractivity contribution in [2.75, 3.05) is 33.0 Å². The van der Waals surface area contributed by atoms with Gasteiger partial charge in [0.2, 0.25) is 0 Å². The molecule has 4 nitrogen and oxygen atoms in total. The number of halogens is 4. The van der Waals surface area contributed by atoms with Gasteiger partial charge in [-0.15, -0.1) is 0 Å². The van der Waals surface area contributed by atoms with E-state index in [-0.39, 0.29) is 22.4 Å². The van der Waals surface area contributed by atoms with Gasteiger partial charge in [0.05, 0.1) is 26.4 Å². The number of nitrogens with zero attached hydrogens (tertiary/aromatic N) is 1. The highest BCUT2D eigenvalue weighted by molar-refractivity contribution is 6.74. The van der Waals surface area contributed by atoms with Crippen LogP contribution in [0.2, 0.25) is 23.2 Å². The van der Waals surface area contributed by atoms with Crippen LogP contribution < -0.4 is 0 Å². The van der Waals surface area contributed by atoms with Crippen molar-refractivity contribution in [2.45, 2.75) is 45.1 Å². The van der Waals surface area contributed by atoms with Crippen LogP contribution in [0.4, 0.5) is 13.2 Å². The van der Waals surface area contributed by atoms with Gasteiger partial charge in [0.15, 0.2) is 8.32 Å².